The molecule has 5 heteroatoms. The SMILES string of the molecule is CC(C)(C)c1cc(C=O)cc(-n2nc3ccccc3n2)c1O. The molecule has 0 saturated heterocycles. The summed E-state index contributed by atoms with van der Waals surface area (Å²) in [6, 6.07) is 10.8. The first-order chi connectivity index (χ1) is 10.4. The van der Waals surface area contributed by atoms with Crippen LogP contribution in [0, 0.1) is 0 Å². The molecule has 0 aliphatic heterocycles. The highest BCUT2D eigenvalue weighted by atomic mass is 16.3. The molecule has 0 aliphatic rings. The van der Waals surface area contributed by atoms with E-state index in [4.69, 9.17) is 0 Å². The summed E-state index contributed by atoms with van der Waals surface area (Å²) in [5, 5.41) is 19.4. The third kappa shape index (κ3) is 2.35. The molecule has 0 aliphatic carbocycles. The lowest BCUT2D eigenvalue weighted by Crippen LogP contribution is -2.14. The van der Waals surface area contributed by atoms with Crippen LogP contribution in [0.15, 0.2) is 36.4 Å². The molecule has 0 spiro atoms. The molecule has 0 radical (unpaired) electrons. The monoisotopic (exact) mass is 295 g/mol. The first kappa shape index (κ1) is 14.3. The third-order valence-electron chi connectivity index (χ3n) is 3.56. The molecule has 5 nitrogen and oxygen atoms in total. The van der Waals surface area contributed by atoms with Gasteiger partial charge in [-0.1, -0.05) is 32.9 Å². The van der Waals surface area contributed by atoms with Gasteiger partial charge in [0.25, 0.3) is 0 Å². The molecule has 0 fully saturated rings. The second-order valence-electron chi connectivity index (χ2n) is 6.28. The second-order valence-corrected chi connectivity index (χ2v) is 6.28. The van der Waals surface area contributed by atoms with E-state index in [9.17, 15) is 9.90 Å². The minimum Gasteiger partial charge on any atom is -0.505 e. The predicted octanol–water partition coefficient (Wildman–Crippen LogP) is 3.24. The van der Waals surface area contributed by atoms with Crippen LogP contribution in [0.4, 0.5) is 0 Å². The number of hydrogen-bond acceptors (Lipinski definition) is 4. The zero-order chi connectivity index (χ0) is 15.9. The molecular weight excluding hydrogens is 278 g/mol. The van der Waals surface area contributed by atoms with Crippen LogP contribution in [0.1, 0.15) is 36.7 Å². The Balaban J connectivity index is 2.27. The Kier molecular flexibility index (Phi) is 3.20. The molecule has 112 valence electrons. The number of aldehydes is 1. The quantitative estimate of drug-likeness (QED) is 0.737. The Hall–Kier alpha value is -2.69. The molecule has 22 heavy (non-hydrogen) atoms. The standard InChI is InChI=1S/C17H17N3O2/c1-17(2,3)12-8-11(10-21)9-15(16(12)22)20-18-13-6-4-5-7-14(13)19-20/h4-10,22H,1-3H3. The number of carbonyl (C=O) groups is 1. The van der Waals surface area contributed by atoms with Crippen molar-refractivity contribution in [1.82, 2.24) is 15.0 Å². The lowest BCUT2D eigenvalue weighted by Gasteiger charge is -2.22. The predicted molar refractivity (Wildman–Crippen MR) is 84.6 cm³/mol. The van der Waals surface area contributed by atoms with Gasteiger partial charge >= 0.3 is 0 Å². The fourth-order valence-corrected chi connectivity index (χ4v) is 2.40. The van der Waals surface area contributed by atoms with Gasteiger partial charge in [0.1, 0.15) is 28.8 Å². The Bertz CT molecular complexity index is 827. The Morgan fingerprint density at radius 2 is 1.68 bits per heavy atom. The molecule has 1 heterocycles. The van der Waals surface area contributed by atoms with Gasteiger partial charge < -0.3 is 5.11 Å². The van der Waals surface area contributed by atoms with Crippen LogP contribution >= 0.6 is 0 Å². The van der Waals surface area contributed by atoms with Crippen LogP contribution in [0.5, 0.6) is 5.75 Å². The van der Waals surface area contributed by atoms with E-state index >= 15 is 0 Å². The number of aromatic nitrogens is 3. The third-order valence-corrected chi connectivity index (χ3v) is 3.56. The van der Waals surface area contributed by atoms with Crippen LogP contribution in [-0.4, -0.2) is 26.4 Å². The number of rotatable bonds is 2. The number of phenolic OH excluding ortho intramolecular Hbond substituents is 1. The number of fused-ring (bicyclic) bond motifs is 1. The first-order valence-electron chi connectivity index (χ1n) is 7.05. The summed E-state index contributed by atoms with van der Waals surface area (Å²) in [6.45, 7) is 5.94. The van der Waals surface area contributed by atoms with Crippen molar-refractivity contribution < 1.29 is 9.90 Å². The van der Waals surface area contributed by atoms with E-state index < -0.39 is 0 Å². The highest BCUT2D eigenvalue weighted by molar-refractivity contribution is 5.79. The number of carbonyl (C=O) groups excluding carboxylic acids is 1. The van der Waals surface area contributed by atoms with Gasteiger partial charge in [0.2, 0.25) is 0 Å². The normalized spacial score (nSPS) is 11.8. The molecule has 2 aromatic carbocycles. The summed E-state index contributed by atoms with van der Waals surface area (Å²) >= 11 is 0. The minimum atomic E-state index is -0.301. The van der Waals surface area contributed by atoms with Crippen molar-refractivity contribution in [2.24, 2.45) is 0 Å². The van der Waals surface area contributed by atoms with Crippen LogP contribution in [0.3, 0.4) is 0 Å². The second kappa shape index (κ2) is 4.94. The van der Waals surface area contributed by atoms with Gasteiger partial charge in [-0.25, -0.2) is 0 Å². The van der Waals surface area contributed by atoms with Gasteiger partial charge in [0.05, 0.1) is 0 Å². The van der Waals surface area contributed by atoms with Gasteiger partial charge in [-0.05, 0) is 29.7 Å². The average molecular weight is 295 g/mol. The molecule has 0 amide bonds. The topological polar surface area (TPSA) is 68.0 Å². The lowest BCUT2D eigenvalue weighted by atomic mass is 9.85. The fourth-order valence-electron chi connectivity index (χ4n) is 2.40. The Morgan fingerprint density at radius 3 is 2.18 bits per heavy atom. The number of hydrogen-bond donors (Lipinski definition) is 1. The van der Waals surface area contributed by atoms with Crippen LogP contribution < -0.4 is 0 Å². The number of aromatic hydroxyl groups is 1. The molecular formula is C17H17N3O2. The van der Waals surface area contributed by atoms with Gasteiger partial charge in [-0.15, -0.1) is 15.0 Å². The summed E-state index contributed by atoms with van der Waals surface area (Å²) in [6.07, 6.45) is 0.765. The number of benzene rings is 2. The fraction of sp³-hybridized carbons (Fsp3) is 0.235. The number of phenols is 1. The van der Waals surface area contributed by atoms with Crippen LogP contribution in [-0.2, 0) is 5.41 Å². The van der Waals surface area contributed by atoms with E-state index in [0.717, 1.165) is 17.3 Å². The molecule has 0 atom stereocenters. The average Bonchev–Trinajstić information content (AvgIpc) is 2.90. The maximum absolute atomic E-state index is 11.2. The highest BCUT2D eigenvalue weighted by Gasteiger charge is 2.23. The molecule has 3 rings (SSSR count). The smallest absolute Gasteiger partial charge is 0.150 e. The highest BCUT2D eigenvalue weighted by Crippen LogP contribution is 2.35. The Labute approximate surface area is 128 Å². The van der Waals surface area contributed by atoms with Crippen molar-refractivity contribution in [3.05, 3.63) is 47.5 Å². The maximum Gasteiger partial charge on any atom is 0.150 e. The molecule has 0 unspecified atom stereocenters. The summed E-state index contributed by atoms with van der Waals surface area (Å²) in [5.74, 6) is 0.0957. The van der Waals surface area contributed by atoms with Gasteiger partial charge in [-0.2, -0.15) is 0 Å². The molecule has 1 aromatic heterocycles. The molecule has 1 N–H and O–H groups in total. The van der Waals surface area contributed by atoms with E-state index in [1.807, 2.05) is 45.0 Å². The van der Waals surface area contributed by atoms with E-state index in [-0.39, 0.29) is 11.2 Å². The largest absolute Gasteiger partial charge is 0.505 e. The van der Waals surface area contributed by atoms with Crippen molar-refractivity contribution in [1.29, 1.82) is 0 Å². The van der Waals surface area contributed by atoms with E-state index in [0.29, 0.717) is 16.8 Å². The Morgan fingerprint density at radius 1 is 1.09 bits per heavy atom. The number of nitrogens with zero attached hydrogens (tertiary/aromatic N) is 3. The summed E-state index contributed by atoms with van der Waals surface area (Å²) in [7, 11) is 0. The van der Waals surface area contributed by atoms with Crippen molar-refractivity contribution in [3.8, 4) is 11.4 Å². The summed E-state index contributed by atoms with van der Waals surface area (Å²) < 4.78 is 0. The summed E-state index contributed by atoms with van der Waals surface area (Å²) in [5.41, 5.74) is 2.74. The molecule has 0 bridgehead atoms. The van der Waals surface area contributed by atoms with Crippen molar-refractivity contribution in [2.45, 2.75) is 26.2 Å². The lowest BCUT2D eigenvalue weighted by molar-refractivity contribution is 0.112. The zero-order valence-electron chi connectivity index (χ0n) is 12.7. The maximum atomic E-state index is 11.2. The minimum absolute atomic E-state index is 0.0957. The van der Waals surface area contributed by atoms with Crippen LogP contribution in [0.25, 0.3) is 16.7 Å². The first-order valence-corrected chi connectivity index (χ1v) is 7.05. The van der Waals surface area contributed by atoms with Gasteiger partial charge in [0.15, 0.2) is 0 Å². The zero-order valence-corrected chi connectivity index (χ0v) is 12.7. The molecule has 3 aromatic rings. The van der Waals surface area contributed by atoms with Crippen molar-refractivity contribution >= 4 is 17.3 Å². The summed E-state index contributed by atoms with van der Waals surface area (Å²) in [4.78, 5) is 12.6. The van der Waals surface area contributed by atoms with E-state index in [1.54, 1.807) is 12.1 Å². The van der Waals surface area contributed by atoms with Gasteiger partial charge in [-0.3, -0.25) is 4.79 Å². The molecule has 0 saturated carbocycles. The van der Waals surface area contributed by atoms with Crippen molar-refractivity contribution in [2.75, 3.05) is 0 Å². The van der Waals surface area contributed by atoms with Gasteiger partial charge in [0, 0.05) is 11.1 Å². The van der Waals surface area contributed by atoms with Crippen molar-refractivity contribution in [3.63, 3.8) is 0 Å². The van der Waals surface area contributed by atoms with E-state index in [2.05, 4.69) is 10.2 Å². The van der Waals surface area contributed by atoms with Crippen LogP contribution in [0.2, 0.25) is 0 Å². The van der Waals surface area contributed by atoms with E-state index in [1.165, 1.54) is 4.80 Å².